The van der Waals surface area contributed by atoms with Gasteiger partial charge in [0.25, 0.3) is 5.91 Å². The molecular weight excluding hydrogens is 434 g/mol. The van der Waals surface area contributed by atoms with Crippen LogP contribution in [0, 0.1) is 13.8 Å². The van der Waals surface area contributed by atoms with Crippen LogP contribution in [0.25, 0.3) is 16.9 Å². The number of aromatic nitrogens is 2. The molecule has 0 saturated heterocycles. The molecule has 0 aliphatic heterocycles. The maximum Gasteiger partial charge on any atom is 0.255 e. The van der Waals surface area contributed by atoms with E-state index in [2.05, 4.69) is 5.32 Å². The average Bonchev–Trinajstić information content (AvgIpc) is 3.25. The summed E-state index contributed by atoms with van der Waals surface area (Å²) in [5.74, 6) is -0.551. The Bertz CT molecular complexity index is 1380. The van der Waals surface area contributed by atoms with Crippen LogP contribution >= 0.6 is 0 Å². The van der Waals surface area contributed by atoms with Crippen LogP contribution in [-0.2, 0) is 9.84 Å². The Hall–Kier alpha value is -3.71. The van der Waals surface area contributed by atoms with Crippen LogP contribution in [0.15, 0.2) is 90.0 Å². The second kappa shape index (κ2) is 9.42. The fourth-order valence-corrected chi connectivity index (χ4v) is 4.85. The number of sulfone groups is 1. The number of carbonyl (C=O) groups is 1. The molecule has 1 aromatic heterocycles. The average molecular weight is 460 g/mol. The van der Waals surface area contributed by atoms with Gasteiger partial charge in [-0.3, -0.25) is 4.79 Å². The Morgan fingerprint density at radius 2 is 1.61 bits per heavy atom. The lowest BCUT2D eigenvalue weighted by Gasteiger charge is -2.08. The molecular formula is C26H25N3O3S. The summed E-state index contributed by atoms with van der Waals surface area (Å²) in [4.78, 5) is 13.4. The zero-order valence-electron chi connectivity index (χ0n) is 18.5. The van der Waals surface area contributed by atoms with Crippen LogP contribution in [-0.4, -0.2) is 36.4 Å². The van der Waals surface area contributed by atoms with E-state index in [0.717, 1.165) is 22.4 Å². The highest BCUT2D eigenvalue weighted by Crippen LogP contribution is 2.27. The maximum absolute atomic E-state index is 13.1. The molecule has 1 heterocycles. The molecule has 0 saturated carbocycles. The molecule has 6 nitrogen and oxygen atoms in total. The highest BCUT2D eigenvalue weighted by molar-refractivity contribution is 7.91. The van der Waals surface area contributed by atoms with Gasteiger partial charge in [0.15, 0.2) is 9.84 Å². The molecule has 0 aliphatic rings. The molecule has 7 heteroatoms. The smallest absolute Gasteiger partial charge is 0.255 e. The number of aryl methyl sites for hydroxylation is 2. The van der Waals surface area contributed by atoms with Gasteiger partial charge in [0.05, 0.1) is 21.9 Å². The van der Waals surface area contributed by atoms with E-state index in [1.165, 1.54) is 0 Å². The van der Waals surface area contributed by atoms with E-state index in [1.807, 2.05) is 62.4 Å². The van der Waals surface area contributed by atoms with Crippen molar-refractivity contribution in [3.63, 3.8) is 0 Å². The first kappa shape index (κ1) is 22.5. The molecule has 0 spiro atoms. The highest BCUT2D eigenvalue weighted by Gasteiger charge is 2.21. The number of benzene rings is 3. The van der Waals surface area contributed by atoms with Gasteiger partial charge >= 0.3 is 0 Å². The Morgan fingerprint density at radius 3 is 2.27 bits per heavy atom. The number of hydrogen-bond donors (Lipinski definition) is 1. The zero-order valence-corrected chi connectivity index (χ0v) is 19.3. The number of nitrogens with zero attached hydrogens (tertiary/aromatic N) is 2. The first-order valence-corrected chi connectivity index (χ1v) is 12.3. The van der Waals surface area contributed by atoms with E-state index in [-0.39, 0.29) is 23.1 Å². The molecule has 4 rings (SSSR count). The van der Waals surface area contributed by atoms with Crippen molar-refractivity contribution in [1.82, 2.24) is 15.1 Å². The van der Waals surface area contributed by atoms with Crippen molar-refractivity contribution in [2.75, 3.05) is 12.3 Å². The fourth-order valence-electron chi connectivity index (χ4n) is 3.67. The second-order valence-corrected chi connectivity index (χ2v) is 9.99. The standard InChI is InChI=1S/C26H25N3O3S/c1-19-13-14-23(20(2)17-19)25-24(18-29(28-25)21-9-5-3-6-10-21)26(30)27-15-16-33(31,32)22-11-7-4-8-12-22/h3-14,17-18H,15-16H2,1-2H3,(H,27,30). The minimum Gasteiger partial charge on any atom is -0.351 e. The van der Waals surface area contributed by atoms with Gasteiger partial charge in [-0.1, -0.05) is 60.2 Å². The first-order chi connectivity index (χ1) is 15.8. The van der Waals surface area contributed by atoms with Crippen molar-refractivity contribution in [3.8, 4) is 16.9 Å². The van der Waals surface area contributed by atoms with E-state index in [4.69, 9.17) is 5.10 Å². The van der Waals surface area contributed by atoms with E-state index >= 15 is 0 Å². The monoisotopic (exact) mass is 459 g/mol. The minimum atomic E-state index is -3.49. The molecule has 0 fully saturated rings. The molecule has 0 radical (unpaired) electrons. The molecule has 0 aliphatic carbocycles. The molecule has 0 unspecified atom stereocenters. The number of nitrogens with one attached hydrogen (secondary N) is 1. The van der Waals surface area contributed by atoms with E-state index in [9.17, 15) is 13.2 Å². The summed E-state index contributed by atoms with van der Waals surface area (Å²) < 4.78 is 26.7. The highest BCUT2D eigenvalue weighted by atomic mass is 32.2. The van der Waals surface area contributed by atoms with Crippen LogP contribution in [0.1, 0.15) is 21.5 Å². The van der Waals surface area contributed by atoms with Gasteiger partial charge in [-0.05, 0) is 43.7 Å². The van der Waals surface area contributed by atoms with Crippen LogP contribution in [0.3, 0.4) is 0 Å². The normalized spacial score (nSPS) is 11.3. The minimum absolute atomic E-state index is 0.00109. The lowest BCUT2D eigenvalue weighted by molar-refractivity contribution is 0.0956. The molecule has 1 N–H and O–H groups in total. The van der Waals surface area contributed by atoms with Crippen molar-refractivity contribution in [1.29, 1.82) is 0 Å². The van der Waals surface area contributed by atoms with Gasteiger partial charge in [0, 0.05) is 18.3 Å². The number of rotatable bonds is 7. The maximum atomic E-state index is 13.1. The third kappa shape index (κ3) is 5.04. The van der Waals surface area contributed by atoms with Gasteiger partial charge in [-0.15, -0.1) is 0 Å². The Labute approximate surface area is 193 Å². The third-order valence-electron chi connectivity index (χ3n) is 5.38. The summed E-state index contributed by atoms with van der Waals surface area (Å²) in [6.07, 6.45) is 1.69. The molecule has 168 valence electrons. The molecule has 3 aromatic carbocycles. The van der Waals surface area contributed by atoms with Gasteiger partial charge < -0.3 is 5.32 Å². The fraction of sp³-hybridized carbons (Fsp3) is 0.154. The summed E-state index contributed by atoms with van der Waals surface area (Å²) in [5, 5.41) is 7.46. The summed E-state index contributed by atoms with van der Waals surface area (Å²) >= 11 is 0. The summed E-state index contributed by atoms with van der Waals surface area (Å²) in [6.45, 7) is 4.00. The Morgan fingerprint density at radius 1 is 0.939 bits per heavy atom. The molecule has 4 aromatic rings. The van der Waals surface area contributed by atoms with Crippen LogP contribution in [0.4, 0.5) is 0 Å². The molecule has 0 atom stereocenters. The number of hydrogen-bond acceptors (Lipinski definition) is 4. The van der Waals surface area contributed by atoms with Crippen molar-refractivity contribution in [2.45, 2.75) is 18.7 Å². The Balaban J connectivity index is 1.61. The van der Waals surface area contributed by atoms with E-state index in [1.54, 1.807) is 41.2 Å². The lowest BCUT2D eigenvalue weighted by Crippen LogP contribution is -2.29. The lowest BCUT2D eigenvalue weighted by atomic mass is 10.0. The summed E-state index contributed by atoms with van der Waals surface area (Å²) in [7, 11) is -3.49. The molecule has 0 bridgehead atoms. The van der Waals surface area contributed by atoms with E-state index in [0.29, 0.717) is 11.3 Å². The van der Waals surface area contributed by atoms with E-state index < -0.39 is 9.84 Å². The van der Waals surface area contributed by atoms with Gasteiger partial charge in [-0.2, -0.15) is 5.10 Å². The molecule has 1 amide bonds. The third-order valence-corrected chi connectivity index (χ3v) is 7.11. The van der Waals surface area contributed by atoms with Crippen LogP contribution in [0.2, 0.25) is 0 Å². The number of carbonyl (C=O) groups excluding carboxylic acids is 1. The van der Waals surface area contributed by atoms with Gasteiger partial charge in [-0.25, -0.2) is 13.1 Å². The summed E-state index contributed by atoms with van der Waals surface area (Å²) in [6, 6.07) is 23.8. The predicted molar refractivity (Wildman–Crippen MR) is 129 cm³/mol. The second-order valence-electron chi connectivity index (χ2n) is 7.88. The quantitative estimate of drug-likeness (QED) is 0.445. The SMILES string of the molecule is Cc1ccc(-c2nn(-c3ccccc3)cc2C(=O)NCCS(=O)(=O)c2ccccc2)c(C)c1. The molecule has 33 heavy (non-hydrogen) atoms. The largest absolute Gasteiger partial charge is 0.351 e. The summed E-state index contributed by atoms with van der Waals surface area (Å²) in [5.41, 5.74) is 4.76. The van der Waals surface area contributed by atoms with Crippen LogP contribution < -0.4 is 5.32 Å². The van der Waals surface area contributed by atoms with Crippen molar-refractivity contribution in [3.05, 3.63) is 102 Å². The van der Waals surface area contributed by atoms with Gasteiger partial charge in [0.2, 0.25) is 0 Å². The van der Waals surface area contributed by atoms with Crippen molar-refractivity contribution < 1.29 is 13.2 Å². The van der Waals surface area contributed by atoms with Crippen molar-refractivity contribution >= 4 is 15.7 Å². The van der Waals surface area contributed by atoms with Crippen LogP contribution in [0.5, 0.6) is 0 Å². The zero-order chi connectivity index (χ0) is 23.4. The predicted octanol–water partition coefficient (Wildman–Crippen LogP) is 4.36. The Kier molecular flexibility index (Phi) is 6.42. The van der Waals surface area contributed by atoms with Gasteiger partial charge in [0.1, 0.15) is 5.69 Å². The van der Waals surface area contributed by atoms with Crippen molar-refractivity contribution in [2.24, 2.45) is 0 Å². The number of para-hydroxylation sites is 1. The first-order valence-electron chi connectivity index (χ1n) is 10.6. The topological polar surface area (TPSA) is 81.1 Å². The number of amides is 1.